The topological polar surface area (TPSA) is 29.5 Å². The van der Waals surface area contributed by atoms with Gasteiger partial charge in [0.2, 0.25) is 0 Å². The van der Waals surface area contributed by atoms with Crippen LogP contribution in [0.5, 0.6) is 0 Å². The molecule has 0 aliphatic carbocycles. The average molecular weight is 195 g/mol. The molecule has 2 rings (SSSR count). The summed E-state index contributed by atoms with van der Waals surface area (Å²) >= 11 is 0. The summed E-state index contributed by atoms with van der Waals surface area (Å²) in [6, 6.07) is 0.990. The Balaban J connectivity index is 2.20. The van der Waals surface area contributed by atoms with Crippen LogP contribution in [0.2, 0.25) is 0 Å². The van der Waals surface area contributed by atoms with E-state index in [1.807, 2.05) is 0 Å². The molecule has 0 N–H and O–H groups in total. The number of hydrogen-bond acceptors (Lipinski definition) is 3. The molecule has 0 amide bonds. The number of rotatable bonds is 2. The van der Waals surface area contributed by atoms with Crippen LogP contribution in [-0.4, -0.2) is 36.6 Å². The van der Waals surface area contributed by atoms with Gasteiger partial charge in [0.15, 0.2) is 0 Å². The van der Waals surface area contributed by atoms with Crippen molar-refractivity contribution in [3.05, 3.63) is 11.6 Å². The monoisotopic (exact) mass is 195 g/mol. The second-order valence-corrected chi connectivity index (χ2v) is 3.96. The lowest BCUT2D eigenvalue weighted by Crippen LogP contribution is -2.41. The fourth-order valence-electron chi connectivity index (χ4n) is 2.74. The highest BCUT2D eigenvalue weighted by atomic mass is 16.5. The standard InChI is InChI=1S/C11H17NO2/c1-3-12-8-4-6-9(11(13)14-2)10(12)7-5-8/h6,8,10H,3-5,7H2,1-2H3. The number of ether oxygens (including phenoxy) is 1. The van der Waals surface area contributed by atoms with E-state index in [2.05, 4.69) is 17.9 Å². The van der Waals surface area contributed by atoms with Gasteiger partial charge < -0.3 is 4.74 Å². The van der Waals surface area contributed by atoms with E-state index in [4.69, 9.17) is 4.74 Å². The average Bonchev–Trinajstić information content (AvgIpc) is 2.50. The van der Waals surface area contributed by atoms with Gasteiger partial charge in [-0.05, 0) is 25.8 Å². The van der Waals surface area contributed by atoms with Crippen LogP contribution in [0.25, 0.3) is 0 Å². The summed E-state index contributed by atoms with van der Waals surface area (Å²) in [6.45, 7) is 3.19. The molecular weight excluding hydrogens is 178 g/mol. The third-order valence-corrected chi connectivity index (χ3v) is 3.40. The number of nitrogens with zero attached hydrogens (tertiary/aromatic N) is 1. The van der Waals surface area contributed by atoms with Gasteiger partial charge >= 0.3 is 5.97 Å². The zero-order chi connectivity index (χ0) is 10.1. The molecule has 2 atom stereocenters. The Kier molecular flexibility index (Phi) is 2.59. The summed E-state index contributed by atoms with van der Waals surface area (Å²) in [5, 5.41) is 0. The van der Waals surface area contributed by atoms with Gasteiger partial charge in [-0.3, -0.25) is 4.90 Å². The first kappa shape index (κ1) is 9.71. The fraction of sp³-hybridized carbons (Fsp3) is 0.727. The van der Waals surface area contributed by atoms with Crippen molar-refractivity contribution < 1.29 is 9.53 Å². The van der Waals surface area contributed by atoms with Crippen molar-refractivity contribution in [1.29, 1.82) is 0 Å². The van der Waals surface area contributed by atoms with Crippen LogP contribution in [-0.2, 0) is 9.53 Å². The minimum Gasteiger partial charge on any atom is -0.466 e. The van der Waals surface area contributed by atoms with Gasteiger partial charge in [0.05, 0.1) is 12.7 Å². The van der Waals surface area contributed by atoms with E-state index in [-0.39, 0.29) is 5.97 Å². The Hall–Kier alpha value is -0.830. The number of fused-ring (bicyclic) bond motifs is 2. The summed E-state index contributed by atoms with van der Waals surface area (Å²) in [5.41, 5.74) is 0.878. The van der Waals surface area contributed by atoms with Crippen LogP contribution in [0.4, 0.5) is 0 Å². The van der Waals surface area contributed by atoms with Crippen LogP contribution in [0.3, 0.4) is 0 Å². The molecule has 0 aromatic rings. The van der Waals surface area contributed by atoms with Crippen molar-refractivity contribution in [2.45, 2.75) is 38.3 Å². The molecule has 2 aliphatic rings. The van der Waals surface area contributed by atoms with Gasteiger partial charge in [-0.15, -0.1) is 0 Å². The minimum absolute atomic E-state index is 0.145. The summed E-state index contributed by atoms with van der Waals surface area (Å²) < 4.78 is 4.80. The van der Waals surface area contributed by atoms with E-state index in [0.29, 0.717) is 12.1 Å². The number of carbonyl (C=O) groups excluding carboxylic acids is 1. The molecule has 78 valence electrons. The Bertz CT molecular complexity index is 272. The highest BCUT2D eigenvalue weighted by Gasteiger charge is 2.39. The van der Waals surface area contributed by atoms with Crippen molar-refractivity contribution in [1.82, 2.24) is 4.90 Å². The number of esters is 1. The van der Waals surface area contributed by atoms with Gasteiger partial charge in [0, 0.05) is 12.1 Å². The maximum atomic E-state index is 11.5. The van der Waals surface area contributed by atoms with Crippen LogP contribution in [0, 0.1) is 0 Å². The van der Waals surface area contributed by atoms with E-state index in [0.717, 1.165) is 25.0 Å². The molecule has 2 unspecified atom stereocenters. The Labute approximate surface area is 84.7 Å². The predicted octanol–water partition coefficient (Wildman–Crippen LogP) is 1.34. The van der Waals surface area contributed by atoms with Gasteiger partial charge in [0.1, 0.15) is 0 Å². The molecule has 3 heteroatoms. The third-order valence-electron chi connectivity index (χ3n) is 3.40. The van der Waals surface area contributed by atoms with Gasteiger partial charge in [0.25, 0.3) is 0 Å². The smallest absolute Gasteiger partial charge is 0.335 e. The molecule has 2 aliphatic heterocycles. The first-order chi connectivity index (χ1) is 6.77. The number of methoxy groups -OCH3 is 1. The van der Waals surface area contributed by atoms with Crippen LogP contribution >= 0.6 is 0 Å². The van der Waals surface area contributed by atoms with Crippen LogP contribution in [0.1, 0.15) is 26.2 Å². The molecule has 0 spiro atoms. The Morgan fingerprint density at radius 2 is 2.43 bits per heavy atom. The molecule has 2 heterocycles. The molecule has 14 heavy (non-hydrogen) atoms. The molecule has 0 aromatic heterocycles. The highest BCUT2D eigenvalue weighted by molar-refractivity contribution is 5.90. The van der Waals surface area contributed by atoms with E-state index >= 15 is 0 Å². The molecule has 0 saturated carbocycles. The SMILES string of the molecule is CCN1C2CC=C(C(=O)OC)C1CC2. The molecule has 1 saturated heterocycles. The zero-order valence-electron chi connectivity index (χ0n) is 8.82. The first-order valence-corrected chi connectivity index (χ1v) is 5.32. The van der Waals surface area contributed by atoms with E-state index in [1.165, 1.54) is 13.5 Å². The summed E-state index contributed by atoms with van der Waals surface area (Å²) in [6.07, 6.45) is 5.41. The zero-order valence-corrected chi connectivity index (χ0v) is 8.82. The Morgan fingerprint density at radius 3 is 3.07 bits per heavy atom. The molecular formula is C11H17NO2. The van der Waals surface area contributed by atoms with Crippen molar-refractivity contribution in [3.63, 3.8) is 0 Å². The first-order valence-electron chi connectivity index (χ1n) is 5.32. The quantitative estimate of drug-likeness (QED) is 0.623. The van der Waals surface area contributed by atoms with Crippen molar-refractivity contribution in [2.75, 3.05) is 13.7 Å². The number of hydrogen-bond donors (Lipinski definition) is 0. The fourth-order valence-corrected chi connectivity index (χ4v) is 2.74. The second kappa shape index (κ2) is 3.73. The van der Waals surface area contributed by atoms with E-state index in [9.17, 15) is 4.79 Å². The molecule has 2 bridgehead atoms. The minimum atomic E-state index is -0.145. The maximum Gasteiger partial charge on any atom is 0.335 e. The number of likely N-dealkylation sites (N-methyl/N-ethyl adjacent to an activating group) is 1. The van der Waals surface area contributed by atoms with E-state index in [1.54, 1.807) is 0 Å². The van der Waals surface area contributed by atoms with Gasteiger partial charge in [-0.2, -0.15) is 0 Å². The molecule has 0 aromatic carbocycles. The Morgan fingerprint density at radius 1 is 1.64 bits per heavy atom. The molecule has 3 nitrogen and oxygen atoms in total. The van der Waals surface area contributed by atoms with Crippen molar-refractivity contribution >= 4 is 5.97 Å². The lowest BCUT2D eigenvalue weighted by molar-refractivity contribution is -0.137. The summed E-state index contributed by atoms with van der Waals surface area (Å²) in [4.78, 5) is 13.9. The predicted molar refractivity (Wildman–Crippen MR) is 53.9 cm³/mol. The van der Waals surface area contributed by atoms with Gasteiger partial charge in [-0.25, -0.2) is 4.79 Å². The second-order valence-electron chi connectivity index (χ2n) is 3.96. The maximum absolute atomic E-state index is 11.5. The largest absolute Gasteiger partial charge is 0.466 e. The van der Waals surface area contributed by atoms with Gasteiger partial charge in [-0.1, -0.05) is 13.0 Å². The third kappa shape index (κ3) is 1.36. The van der Waals surface area contributed by atoms with Crippen LogP contribution < -0.4 is 0 Å². The lowest BCUT2D eigenvalue weighted by Gasteiger charge is -2.32. The van der Waals surface area contributed by atoms with E-state index < -0.39 is 0 Å². The molecule has 0 radical (unpaired) electrons. The van der Waals surface area contributed by atoms with Crippen LogP contribution in [0.15, 0.2) is 11.6 Å². The highest BCUT2D eigenvalue weighted by Crippen LogP contribution is 2.35. The summed E-state index contributed by atoms with van der Waals surface area (Å²) in [5.74, 6) is -0.145. The number of carbonyl (C=O) groups is 1. The lowest BCUT2D eigenvalue weighted by atomic mass is 10.0. The summed E-state index contributed by atoms with van der Waals surface area (Å²) in [7, 11) is 1.46. The van der Waals surface area contributed by atoms with Crippen molar-refractivity contribution in [2.24, 2.45) is 0 Å². The van der Waals surface area contributed by atoms with Crippen molar-refractivity contribution in [3.8, 4) is 0 Å². The normalized spacial score (nSPS) is 31.4. The molecule has 1 fully saturated rings.